The first-order valence-electron chi connectivity index (χ1n) is 15.9. The third-order valence-electron chi connectivity index (χ3n) is 9.14. The summed E-state index contributed by atoms with van der Waals surface area (Å²) < 4.78 is 12.8. The number of rotatable bonds is 4. The van der Waals surface area contributed by atoms with E-state index < -0.39 is 0 Å². The second-order valence-electron chi connectivity index (χ2n) is 12.0. The van der Waals surface area contributed by atoms with Crippen molar-refractivity contribution in [3.8, 4) is 45.3 Å². The quantitative estimate of drug-likeness (QED) is 0.197. The standard InChI is InChI=1S/C43H25N3O2/c1-2-11-27(12-3-1)41-44-42(28-21-23-38-36(24-28)32-15-6-7-19-37(32)47-38)46-43(45-41)29-20-22-33-35-18-9-17-34(40(35)48-39(33)25-29)31-16-8-13-26-10-4-5-14-30(26)31/h1-25H. The first-order valence-corrected chi connectivity index (χ1v) is 15.9. The molecule has 224 valence electrons. The molecule has 48 heavy (non-hydrogen) atoms. The Labute approximate surface area is 274 Å². The molecule has 3 heterocycles. The Hall–Kier alpha value is -6.59. The van der Waals surface area contributed by atoms with Gasteiger partial charge in [-0.1, -0.05) is 115 Å². The second kappa shape index (κ2) is 10.5. The molecule has 0 amide bonds. The van der Waals surface area contributed by atoms with Crippen molar-refractivity contribution in [1.29, 1.82) is 0 Å². The van der Waals surface area contributed by atoms with Gasteiger partial charge in [-0.25, -0.2) is 15.0 Å². The maximum Gasteiger partial charge on any atom is 0.164 e. The molecule has 0 saturated heterocycles. The van der Waals surface area contributed by atoms with Crippen LogP contribution < -0.4 is 0 Å². The number of nitrogens with zero attached hydrogens (tertiary/aromatic N) is 3. The van der Waals surface area contributed by atoms with E-state index in [1.165, 1.54) is 10.8 Å². The Morgan fingerprint density at radius 1 is 0.333 bits per heavy atom. The third-order valence-corrected chi connectivity index (χ3v) is 9.14. The summed E-state index contributed by atoms with van der Waals surface area (Å²) in [4.78, 5) is 15.0. The molecule has 0 radical (unpaired) electrons. The van der Waals surface area contributed by atoms with Crippen molar-refractivity contribution in [2.75, 3.05) is 0 Å². The number of hydrogen-bond acceptors (Lipinski definition) is 5. The molecule has 0 spiro atoms. The molecule has 0 saturated carbocycles. The predicted molar refractivity (Wildman–Crippen MR) is 194 cm³/mol. The normalized spacial score (nSPS) is 11.8. The van der Waals surface area contributed by atoms with Gasteiger partial charge in [0.1, 0.15) is 22.3 Å². The minimum absolute atomic E-state index is 0.577. The van der Waals surface area contributed by atoms with Gasteiger partial charge in [0.2, 0.25) is 0 Å². The van der Waals surface area contributed by atoms with Gasteiger partial charge in [0, 0.05) is 43.8 Å². The molecule has 0 aliphatic heterocycles. The van der Waals surface area contributed by atoms with Crippen LogP contribution in [0.5, 0.6) is 0 Å². The highest BCUT2D eigenvalue weighted by molar-refractivity contribution is 6.12. The SMILES string of the molecule is c1ccc(-c2nc(-c3ccc4c(c3)oc3c(-c5cccc6ccccc56)cccc34)nc(-c3ccc4oc5ccccc5c4c3)n2)cc1. The summed E-state index contributed by atoms with van der Waals surface area (Å²) in [5, 5.41) is 6.60. The molecule has 10 aromatic rings. The highest BCUT2D eigenvalue weighted by Gasteiger charge is 2.18. The van der Waals surface area contributed by atoms with E-state index in [2.05, 4.69) is 84.9 Å². The van der Waals surface area contributed by atoms with Crippen molar-refractivity contribution in [2.45, 2.75) is 0 Å². The van der Waals surface area contributed by atoms with Gasteiger partial charge >= 0.3 is 0 Å². The Balaban J connectivity index is 1.15. The van der Waals surface area contributed by atoms with Gasteiger partial charge in [-0.05, 0) is 52.7 Å². The maximum absolute atomic E-state index is 6.68. The van der Waals surface area contributed by atoms with E-state index in [1.807, 2.05) is 66.7 Å². The third kappa shape index (κ3) is 4.22. The van der Waals surface area contributed by atoms with Gasteiger partial charge in [-0.15, -0.1) is 0 Å². The molecule has 0 fully saturated rings. The van der Waals surface area contributed by atoms with Crippen molar-refractivity contribution >= 4 is 54.6 Å². The lowest BCUT2D eigenvalue weighted by atomic mass is 9.96. The molecule has 0 bridgehead atoms. The van der Waals surface area contributed by atoms with Crippen LogP contribution in [0.4, 0.5) is 0 Å². The summed E-state index contributed by atoms with van der Waals surface area (Å²) in [6.07, 6.45) is 0. The molecule has 0 unspecified atom stereocenters. The zero-order valence-electron chi connectivity index (χ0n) is 25.6. The topological polar surface area (TPSA) is 65.0 Å². The van der Waals surface area contributed by atoms with Crippen LogP contribution in [0.1, 0.15) is 0 Å². The molecule has 5 heteroatoms. The van der Waals surface area contributed by atoms with Crippen LogP contribution in [0.25, 0.3) is 99.9 Å². The lowest BCUT2D eigenvalue weighted by molar-refractivity contribution is 0.669. The zero-order chi connectivity index (χ0) is 31.6. The smallest absolute Gasteiger partial charge is 0.164 e. The summed E-state index contributed by atoms with van der Waals surface area (Å²) in [6, 6.07) is 51.7. The molecule has 0 aliphatic rings. The van der Waals surface area contributed by atoms with E-state index in [9.17, 15) is 0 Å². The summed E-state index contributed by atoms with van der Waals surface area (Å²) >= 11 is 0. The average molecular weight is 616 g/mol. The summed E-state index contributed by atoms with van der Waals surface area (Å²) in [5.74, 6) is 1.78. The molecule has 0 N–H and O–H groups in total. The van der Waals surface area contributed by atoms with Crippen LogP contribution in [-0.4, -0.2) is 15.0 Å². The largest absolute Gasteiger partial charge is 0.456 e. The fourth-order valence-corrected chi connectivity index (χ4v) is 6.83. The summed E-state index contributed by atoms with van der Waals surface area (Å²) in [5.41, 5.74) is 8.20. The van der Waals surface area contributed by atoms with Gasteiger partial charge in [0.15, 0.2) is 17.5 Å². The minimum Gasteiger partial charge on any atom is -0.456 e. The van der Waals surface area contributed by atoms with Crippen LogP contribution in [0.15, 0.2) is 160 Å². The zero-order valence-corrected chi connectivity index (χ0v) is 25.6. The predicted octanol–water partition coefficient (Wildman–Crippen LogP) is 11.5. The van der Waals surface area contributed by atoms with Crippen LogP contribution >= 0.6 is 0 Å². The fraction of sp³-hybridized carbons (Fsp3) is 0. The Morgan fingerprint density at radius 2 is 0.938 bits per heavy atom. The number of para-hydroxylation sites is 2. The van der Waals surface area contributed by atoms with Crippen molar-refractivity contribution in [1.82, 2.24) is 15.0 Å². The second-order valence-corrected chi connectivity index (χ2v) is 12.0. The van der Waals surface area contributed by atoms with Crippen LogP contribution in [0.3, 0.4) is 0 Å². The van der Waals surface area contributed by atoms with Crippen LogP contribution in [0, 0.1) is 0 Å². The van der Waals surface area contributed by atoms with E-state index in [4.69, 9.17) is 23.8 Å². The van der Waals surface area contributed by atoms with E-state index in [-0.39, 0.29) is 0 Å². The number of aromatic nitrogens is 3. The lowest BCUT2D eigenvalue weighted by Crippen LogP contribution is -2.00. The maximum atomic E-state index is 6.68. The van der Waals surface area contributed by atoms with E-state index in [1.54, 1.807) is 0 Å². The van der Waals surface area contributed by atoms with Gasteiger partial charge < -0.3 is 8.83 Å². The molecule has 5 nitrogen and oxygen atoms in total. The number of furan rings is 2. The Kier molecular flexibility index (Phi) is 5.81. The molecule has 0 aliphatic carbocycles. The fourth-order valence-electron chi connectivity index (χ4n) is 6.83. The molecule has 7 aromatic carbocycles. The van der Waals surface area contributed by atoms with Gasteiger partial charge in [-0.3, -0.25) is 0 Å². The number of fused-ring (bicyclic) bond motifs is 7. The van der Waals surface area contributed by atoms with E-state index >= 15 is 0 Å². The average Bonchev–Trinajstić information content (AvgIpc) is 3.72. The molecular formula is C43H25N3O2. The molecule has 3 aromatic heterocycles. The monoisotopic (exact) mass is 615 g/mol. The van der Waals surface area contributed by atoms with Crippen LogP contribution in [-0.2, 0) is 0 Å². The van der Waals surface area contributed by atoms with Crippen molar-refractivity contribution in [3.63, 3.8) is 0 Å². The molecule has 0 atom stereocenters. The molecular weight excluding hydrogens is 590 g/mol. The highest BCUT2D eigenvalue weighted by Crippen LogP contribution is 2.40. The van der Waals surface area contributed by atoms with E-state index in [0.717, 1.165) is 71.7 Å². The van der Waals surface area contributed by atoms with Gasteiger partial charge in [0.05, 0.1) is 0 Å². The number of hydrogen-bond donors (Lipinski definition) is 0. The molecule has 10 rings (SSSR count). The summed E-state index contributed by atoms with van der Waals surface area (Å²) in [6.45, 7) is 0. The van der Waals surface area contributed by atoms with Crippen LogP contribution in [0.2, 0.25) is 0 Å². The van der Waals surface area contributed by atoms with Crippen molar-refractivity contribution in [2.24, 2.45) is 0 Å². The first-order chi connectivity index (χ1) is 23.8. The number of benzene rings is 7. The highest BCUT2D eigenvalue weighted by atomic mass is 16.3. The minimum atomic E-state index is 0.577. The Morgan fingerprint density at radius 3 is 1.81 bits per heavy atom. The first kappa shape index (κ1) is 26.6. The van der Waals surface area contributed by atoms with Gasteiger partial charge in [0.25, 0.3) is 0 Å². The van der Waals surface area contributed by atoms with Crippen molar-refractivity contribution < 1.29 is 8.83 Å². The summed E-state index contributed by atoms with van der Waals surface area (Å²) in [7, 11) is 0. The van der Waals surface area contributed by atoms with Crippen molar-refractivity contribution in [3.05, 3.63) is 152 Å². The lowest BCUT2D eigenvalue weighted by Gasteiger charge is -2.08. The van der Waals surface area contributed by atoms with E-state index in [0.29, 0.717) is 17.5 Å². The Bertz CT molecular complexity index is 2840. The van der Waals surface area contributed by atoms with Gasteiger partial charge in [-0.2, -0.15) is 0 Å².